The van der Waals surface area contributed by atoms with Crippen molar-refractivity contribution in [3.05, 3.63) is 94.8 Å². The first-order valence-corrected chi connectivity index (χ1v) is 10.1. The lowest BCUT2D eigenvalue weighted by atomic mass is 9.99. The van der Waals surface area contributed by atoms with E-state index < -0.39 is 11.8 Å². The van der Waals surface area contributed by atoms with Gasteiger partial charge in [0.2, 0.25) is 0 Å². The predicted octanol–water partition coefficient (Wildman–Crippen LogP) is 4.53. The lowest BCUT2D eigenvalue weighted by Gasteiger charge is -2.10. The van der Waals surface area contributed by atoms with Crippen molar-refractivity contribution in [1.82, 2.24) is 10.3 Å². The minimum atomic E-state index is -0.913. The summed E-state index contributed by atoms with van der Waals surface area (Å²) in [5.74, 6) is -1.45. The van der Waals surface area contributed by atoms with E-state index in [4.69, 9.17) is 10.1 Å². The maximum Gasteiger partial charge on any atom is 0.307 e. The number of halogens is 1. The molecule has 0 amide bonds. The van der Waals surface area contributed by atoms with Gasteiger partial charge >= 0.3 is 5.97 Å². The Bertz CT molecular complexity index is 1310. The molecule has 0 radical (unpaired) electrons. The number of nitrogens with one attached hydrogen (secondary N) is 2. The van der Waals surface area contributed by atoms with Crippen molar-refractivity contribution in [3.8, 4) is 5.88 Å². The molecule has 0 aliphatic carbocycles. The van der Waals surface area contributed by atoms with Crippen molar-refractivity contribution in [2.24, 2.45) is 4.99 Å². The highest BCUT2D eigenvalue weighted by Gasteiger charge is 2.19. The van der Waals surface area contributed by atoms with E-state index in [0.717, 1.165) is 5.56 Å². The van der Waals surface area contributed by atoms with E-state index in [-0.39, 0.29) is 12.3 Å². The lowest BCUT2D eigenvalue weighted by molar-refractivity contribution is -0.136. The zero-order valence-corrected chi connectivity index (χ0v) is 17.4. The Morgan fingerprint density at radius 1 is 1.06 bits per heavy atom. The summed E-state index contributed by atoms with van der Waals surface area (Å²) in [6.07, 6.45) is -0.0869. The molecule has 0 saturated heterocycles. The average Bonchev–Trinajstić information content (AvgIpc) is 3.07. The molecule has 0 aliphatic heterocycles. The molecular weight excluding hydrogens is 409 g/mol. The summed E-state index contributed by atoms with van der Waals surface area (Å²) in [6.45, 7) is 0.681. The first kappa shape index (κ1) is 21.3. The topological polar surface area (TPSA) is 97.7 Å². The number of aromatic hydroxyl groups is 1. The van der Waals surface area contributed by atoms with Crippen LogP contribution in [0.1, 0.15) is 22.3 Å². The lowest BCUT2D eigenvalue weighted by Crippen LogP contribution is -2.06. The number of H-pyrrole nitrogens is 1. The van der Waals surface area contributed by atoms with Crippen LogP contribution in [-0.2, 0) is 17.8 Å². The third-order valence-corrected chi connectivity index (χ3v) is 5.09. The van der Waals surface area contributed by atoms with E-state index in [9.17, 15) is 14.3 Å². The van der Waals surface area contributed by atoms with E-state index >= 15 is 0 Å². The quantitative estimate of drug-likeness (QED) is 0.323. The van der Waals surface area contributed by atoms with E-state index in [1.807, 2.05) is 31.3 Å². The second-order valence-corrected chi connectivity index (χ2v) is 7.47. The van der Waals surface area contributed by atoms with Crippen LogP contribution in [-0.4, -0.2) is 33.9 Å². The van der Waals surface area contributed by atoms with Crippen molar-refractivity contribution in [1.29, 1.82) is 0 Å². The molecule has 0 bridgehead atoms. The Morgan fingerprint density at radius 2 is 1.84 bits per heavy atom. The predicted molar refractivity (Wildman–Crippen MR) is 122 cm³/mol. The second-order valence-electron chi connectivity index (χ2n) is 7.47. The molecule has 0 spiro atoms. The highest BCUT2D eigenvalue weighted by molar-refractivity contribution is 6.21. The van der Waals surface area contributed by atoms with Gasteiger partial charge in [0.1, 0.15) is 5.82 Å². The molecule has 1 aromatic heterocycles. The molecule has 0 atom stereocenters. The molecule has 0 fully saturated rings. The Kier molecular flexibility index (Phi) is 6.00. The van der Waals surface area contributed by atoms with Gasteiger partial charge in [-0.25, -0.2) is 9.38 Å². The highest BCUT2D eigenvalue weighted by Crippen LogP contribution is 2.32. The number of nitrogens with zero attached hydrogens (tertiary/aromatic N) is 1. The molecule has 3 aromatic carbocycles. The number of benzene rings is 3. The first-order valence-electron chi connectivity index (χ1n) is 10.1. The number of aliphatic imine (C=N–C) groups is 1. The van der Waals surface area contributed by atoms with Gasteiger partial charge < -0.3 is 20.5 Å². The summed E-state index contributed by atoms with van der Waals surface area (Å²) < 4.78 is 13.7. The molecular formula is C25H22FN3O3. The fraction of sp³-hybridized carbons (Fsp3) is 0.120. The molecule has 6 nitrogen and oxygen atoms in total. The number of carboxylic acids is 1. The van der Waals surface area contributed by atoms with Gasteiger partial charge in [0, 0.05) is 17.5 Å². The molecule has 0 aliphatic rings. The second kappa shape index (κ2) is 9.03. The fourth-order valence-corrected chi connectivity index (χ4v) is 3.68. The summed E-state index contributed by atoms with van der Waals surface area (Å²) in [5, 5.41) is 23.5. The monoisotopic (exact) mass is 431 g/mol. The third-order valence-electron chi connectivity index (χ3n) is 5.09. The van der Waals surface area contributed by atoms with E-state index in [2.05, 4.69) is 10.3 Å². The van der Waals surface area contributed by atoms with Gasteiger partial charge in [-0.15, -0.1) is 0 Å². The molecule has 7 heteroatoms. The normalized spacial score (nSPS) is 11.8. The van der Waals surface area contributed by atoms with E-state index in [1.165, 1.54) is 12.1 Å². The molecule has 162 valence electrons. The van der Waals surface area contributed by atoms with Gasteiger partial charge in [0.05, 0.1) is 28.9 Å². The van der Waals surface area contributed by atoms with Gasteiger partial charge in [-0.2, -0.15) is 0 Å². The van der Waals surface area contributed by atoms with Crippen LogP contribution < -0.4 is 5.32 Å². The largest absolute Gasteiger partial charge is 0.494 e. The van der Waals surface area contributed by atoms with Crippen molar-refractivity contribution < 1.29 is 19.4 Å². The zero-order chi connectivity index (χ0) is 22.7. The van der Waals surface area contributed by atoms with Crippen LogP contribution in [0.4, 0.5) is 10.1 Å². The number of aliphatic carboxylic acids is 1. The van der Waals surface area contributed by atoms with Gasteiger partial charge in [-0.3, -0.25) is 4.79 Å². The van der Waals surface area contributed by atoms with E-state index in [1.54, 1.807) is 30.3 Å². The summed E-state index contributed by atoms with van der Waals surface area (Å²) in [7, 11) is 1.86. The Hall–Kier alpha value is -3.97. The molecule has 32 heavy (non-hydrogen) atoms. The van der Waals surface area contributed by atoms with Crippen LogP contribution in [0.2, 0.25) is 0 Å². The maximum atomic E-state index is 13.7. The number of fused-ring (bicyclic) bond motifs is 1. The molecule has 1 heterocycles. The van der Waals surface area contributed by atoms with E-state index in [0.29, 0.717) is 45.5 Å². The van der Waals surface area contributed by atoms with Crippen molar-refractivity contribution in [2.75, 3.05) is 7.05 Å². The average molecular weight is 431 g/mol. The molecule has 4 aromatic rings. The summed E-state index contributed by atoms with van der Waals surface area (Å²) in [6, 6.07) is 19.0. The number of hydrogen-bond donors (Lipinski definition) is 4. The maximum absolute atomic E-state index is 13.7. The van der Waals surface area contributed by atoms with Crippen LogP contribution in [0.3, 0.4) is 0 Å². The van der Waals surface area contributed by atoms with Gasteiger partial charge in [-0.1, -0.05) is 36.4 Å². The number of carboxylic acid groups (broad SMARTS) is 1. The SMILES string of the molecule is CNCc1cccc(N=C(c2ccc(CC(=O)O)cc2)c2c(O)[nH]c3cc(F)ccc23)c1. The third kappa shape index (κ3) is 4.53. The minimum absolute atomic E-state index is 0.0869. The number of hydrogen-bond acceptors (Lipinski definition) is 4. The zero-order valence-electron chi connectivity index (χ0n) is 17.4. The Balaban J connectivity index is 1.89. The molecule has 0 unspecified atom stereocenters. The number of rotatable bonds is 7. The van der Waals surface area contributed by atoms with Crippen LogP contribution in [0, 0.1) is 5.82 Å². The van der Waals surface area contributed by atoms with Gasteiger partial charge in [-0.05, 0) is 48.5 Å². The number of aromatic amines is 1. The Morgan fingerprint density at radius 3 is 2.56 bits per heavy atom. The molecule has 4 rings (SSSR count). The van der Waals surface area contributed by atoms with Crippen LogP contribution in [0.5, 0.6) is 5.88 Å². The molecule has 0 saturated carbocycles. The van der Waals surface area contributed by atoms with Crippen LogP contribution in [0.25, 0.3) is 10.9 Å². The first-order chi connectivity index (χ1) is 15.4. The number of carbonyl (C=O) groups is 1. The summed E-state index contributed by atoms with van der Waals surface area (Å²) in [5.41, 5.74) is 4.49. The van der Waals surface area contributed by atoms with Crippen molar-refractivity contribution in [3.63, 3.8) is 0 Å². The van der Waals surface area contributed by atoms with Gasteiger partial charge in [0.15, 0.2) is 5.88 Å². The standard InChI is InChI=1S/C25H22FN3O3/c1-27-14-16-3-2-4-19(11-16)28-24(17-7-5-15(6-8-17)12-22(30)31)23-20-10-9-18(26)13-21(20)29-25(23)32/h2-11,13,27,29,32H,12,14H2,1H3,(H,30,31). The fourth-order valence-electron chi connectivity index (χ4n) is 3.68. The van der Waals surface area contributed by atoms with Gasteiger partial charge in [0.25, 0.3) is 0 Å². The van der Waals surface area contributed by atoms with Crippen molar-refractivity contribution in [2.45, 2.75) is 13.0 Å². The van der Waals surface area contributed by atoms with Crippen LogP contribution >= 0.6 is 0 Å². The van der Waals surface area contributed by atoms with Crippen molar-refractivity contribution >= 4 is 28.3 Å². The summed E-state index contributed by atoms with van der Waals surface area (Å²) in [4.78, 5) is 18.7. The Labute approximate surface area is 184 Å². The minimum Gasteiger partial charge on any atom is -0.494 e. The number of aromatic nitrogens is 1. The summed E-state index contributed by atoms with van der Waals surface area (Å²) >= 11 is 0. The smallest absolute Gasteiger partial charge is 0.307 e. The molecule has 4 N–H and O–H groups in total. The van der Waals surface area contributed by atoms with Crippen LogP contribution in [0.15, 0.2) is 71.7 Å². The highest BCUT2D eigenvalue weighted by atomic mass is 19.1.